The van der Waals surface area contributed by atoms with E-state index in [0.717, 1.165) is 0 Å². The Morgan fingerprint density at radius 2 is 1.09 bits per heavy atom. The number of carbonyl (C=O) groups is 3. The normalized spacial score (nSPS) is 9.05. The molecule has 0 aromatic carbocycles. The third-order valence-corrected chi connectivity index (χ3v) is 1.25. The SMILES string of the molecule is O=C([O-])CC(O)(CC(=O)[O-])C(=O)[O-].O=S(=O)([O-])O.[NH4+].[Na+].[Na+].[Na+]. The van der Waals surface area contributed by atoms with Crippen molar-refractivity contribution in [1.82, 2.24) is 6.15 Å². The summed E-state index contributed by atoms with van der Waals surface area (Å²) in [6, 6.07) is 0. The average Bonchev–Trinajstić information content (AvgIpc) is 1.95. The van der Waals surface area contributed by atoms with Crippen LogP contribution in [0.25, 0.3) is 0 Å². The Balaban J connectivity index is -0.0000000627. The molecule has 0 fully saturated rings. The molecule has 0 bridgehead atoms. The first kappa shape index (κ1) is 38.6. The van der Waals surface area contributed by atoms with Crippen molar-refractivity contribution < 1.29 is 141 Å². The molecule has 0 saturated carbocycles. The summed E-state index contributed by atoms with van der Waals surface area (Å²) in [4.78, 5) is 30.0. The second kappa shape index (κ2) is 17.0. The van der Waals surface area contributed by atoms with E-state index in [1.807, 2.05) is 0 Å². The van der Waals surface area contributed by atoms with Crippen LogP contribution in [-0.2, 0) is 24.8 Å². The number of aliphatic carboxylic acids is 3. The number of carbonyl (C=O) groups excluding carboxylic acids is 3. The van der Waals surface area contributed by atoms with E-state index in [4.69, 9.17) is 22.6 Å². The Labute approximate surface area is 191 Å². The van der Waals surface area contributed by atoms with Gasteiger partial charge in [0.2, 0.25) is 10.4 Å². The Kier molecular flexibility index (Phi) is 29.9. The zero-order valence-electron chi connectivity index (χ0n) is 12.4. The van der Waals surface area contributed by atoms with E-state index in [0.29, 0.717) is 0 Å². The zero-order chi connectivity index (χ0) is 15.1. The largest absolute Gasteiger partial charge is 1.00 e. The van der Waals surface area contributed by atoms with Crippen LogP contribution in [0.4, 0.5) is 0 Å². The number of hydrogen-bond acceptors (Lipinski definition) is 10. The minimum atomic E-state index is -4.92. The fourth-order valence-electron chi connectivity index (χ4n) is 0.684. The number of carboxylic acids is 3. The van der Waals surface area contributed by atoms with Crippen molar-refractivity contribution in [1.29, 1.82) is 0 Å². The van der Waals surface area contributed by atoms with Gasteiger partial charge in [0.1, 0.15) is 5.60 Å². The van der Waals surface area contributed by atoms with Crippen LogP contribution in [0.3, 0.4) is 0 Å². The zero-order valence-corrected chi connectivity index (χ0v) is 19.2. The van der Waals surface area contributed by atoms with Crippen molar-refractivity contribution in [2.75, 3.05) is 0 Å². The second-order valence-electron chi connectivity index (χ2n) is 2.84. The Hall–Kier alpha value is 1.20. The maximum Gasteiger partial charge on any atom is 1.00 e. The molecule has 0 aliphatic heterocycles. The van der Waals surface area contributed by atoms with E-state index in [2.05, 4.69) is 0 Å². The molecule has 0 aliphatic carbocycles. The van der Waals surface area contributed by atoms with Crippen LogP contribution in [0.5, 0.6) is 0 Å². The monoisotopic (exact) mass is 373 g/mol. The van der Waals surface area contributed by atoms with E-state index in [1.54, 1.807) is 0 Å². The summed E-state index contributed by atoms with van der Waals surface area (Å²) in [6.07, 6.45) is -2.72. The van der Waals surface area contributed by atoms with Gasteiger partial charge in [-0.05, 0) is 0 Å². The average molecular weight is 373 g/mol. The molecular formula is C6H10NNa3O11S. The fourth-order valence-corrected chi connectivity index (χ4v) is 0.684. The maximum atomic E-state index is 10.1. The summed E-state index contributed by atoms with van der Waals surface area (Å²) in [5, 5.41) is 38.9. The maximum absolute atomic E-state index is 10.1. The third-order valence-electron chi connectivity index (χ3n) is 1.25. The van der Waals surface area contributed by atoms with Crippen LogP contribution in [0, 0.1) is 0 Å². The van der Waals surface area contributed by atoms with Crippen molar-refractivity contribution in [3.63, 3.8) is 0 Å². The van der Waals surface area contributed by atoms with E-state index in [-0.39, 0.29) is 94.8 Å². The molecule has 0 unspecified atom stereocenters. The van der Waals surface area contributed by atoms with Gasteiger partial charge in [0.05, 0.1) is 5.97 Å². The summed E-state index contributed by atoms with van der Waals surface area (Å²) in [5.41, 5.74) is -2.97. The third kappa shape index (κ3) is 29.2. The Morgan fingerprint density at radius 1 is 0.909 bits per heavy atom. The Bertz CT molecular complexity index is 415. The molecule has 0 aromatic heterocycles. The quantitative estimate of drug-likeness (QED) is 0.231. The first-order chi connectivity index (χ1) is 7.78. The topological polar surface area (TPSA) is 255 Å². The molecule has 0 heterocycles. The van der Waals surface area contributed by atoms with Crippen LogP contribution >= 0.6 is 0 Å². The molecule has 0 radical (unpaired) electrons. The number of rotatable bonds is 5. The van der Waals surface area contributed by atoms with E-state index in [9.17, 15) is 29.7 Å². The molecular weight excluding hydrogens is 363 g/mol. The summed E-state index contributed by atoms with van der Waals surface area (Å²) in [5.74, 6) is -5.98. The first-order valence-electron chi connectivity index (χ1n) is 3.80. The van der Waals surface area contributed by atoms with Gasteiger partial charge >= 0.3 is 88.7 Å². The van der Waals surface area contributed by atoms with Gasteiger partial charge < -0.3 is 45.5 Å². The first-order valence-corrected chi connectivity index (χ1v) is 5.16. The van der Waals surface area contributed by atoms with Gasteiger partial charge in [-0.15, -0.1) is 0 Å². The molecule has 16 heteroatoms. The van der Waals surface area contributed by atoms with Crippen LogP contribution in [-0.4, -0.2) is 46.1 Å². The van der Waals surface area contributed by atoms with Gasteiger partial charge in [-0.3, -0.25) is 4.55 Å². The van der Waals surface area contributed by atoms with Crippen molar-refractivity contribution >= 4 is 28.3 Å². The Morgan fingerprint density at radius 3 is 1.18 bits per heavy atom. The van der Waals surface area contributed by atoms with Gasteiger partial charge in [0, 0.05) is 24.8 Å². The predicted octanol–water partition coefficient (Wildman–Crippen LogP) is -14.9. The van der Waals surface area contributed by atoms with Crippen molar-refractivity contribution in [2.24, 2.45) is 0 Å². The number of carboxylic acid groups (broad SMARTS) is 3. The molecule has 0 amide bonds. The number of hydrogen-bond donors (Lipinski definition) is 3. The molecule has 0 spiro atoms. The minimum absolute atomic E-state index is 0. The molecule has 6 N–H and O–H groups in total. The van der Waals surface area contributed by atoms with E-state index in [1.165, 1.54) is 0 Å². The molecule has 0 saturated heterocycles. The van der Waals surface area contributed by atoms with Gasteiger partial charge in [0.25, 0.3) is 0 Å². The molecule has 0 rings (SSSR count). The van der Waals surface area contributed by atoms with E-state index >= 15 is 0 Å². The van der Waals surface area contributed by atoms with Crippen LogP contribution in [0.1, 0.15) is 12.8 Å². The molecule has 12 nitrogen and oxygen atoms in total. The predicted molar refractivity (Wildman–Crippen MR) is 47.5 cm³/mol. The van der Waals surface area contributed by atoms with Crippen molar-refractivity contribution in [2.45, 2.75) is 18.4 Å². The van der Waals surface area contributed by atoms with E-state index < -0.39 is 46.7 Å². The van der Waals surface area contributed by atoms with Crippen LogP contribution in [0.2, 0.25) is 0 Å². The summed E-state index contributed by atoms with van der Waals surface area (Å²) in [7, 11) is -4.92. The standard InChI is InChI=1S/C6H8O7.H3N.3Na.H2O4S/c7-3(8)1-6(13,5(11)12)2-4(9)10;;;;;1-5(2,3)4/h13H,1-2H2,(H,7,8)(H,9,10)(H,11,12);1H3;;;;(H2,1,2,3,4)/q;;3*+1;/p-3. The van der Waals surface area contributed by atoms with Gasteiger partial charge in [-0.1, -0.05) is 0 Å². The molecule has 0 atom stereocenters. The van der Waals surface area contributed by atoms with Crippen molar-refractivity contribution in [3.05, 3.63) is 0 Å². The fraction of sp³-hybridized carbons (Fsp3) is 0.500. The summed E-state index contributed by atoms with van der Waals surface area (Å²) < 4.78 is 32.8. The molecule has 0 aromatic rings. The minimum Gasteiger partial charge on any atom is -0.726 e. The second-order valence-corrected chi connectivity index (χ2v) is 3.70. The van der Waals surface area contributed by atoms with Crippen molar-refractivity contribution in [3.8, 4) is 0 Å². The van der Waals surface area contributed by atoms with Gasteiger partial charge in [-0.25, -0.2) is 8.42 Å². The summed E-state index contributed by atoms with van der Waals surface area (Å²) in [6.45, 7) is 0. The van der Waals surface area contributed by atoms with Gasteiger partial charge in [0.15, 0.2) is 0 Å². The molecule has 114 valence electrons. The van der Waals surface area contributed by atoms with Crippen LogP contribution < -0.4 is 110 Å². The number of quaternary nitrogens is 1. The molecule has 22 heavy (non-hydrogen) atoms. The summed E-state index contributed by atoms with van der Waals surface area (Å²) >= 11 is 0. The number of aliphatic hydroxyl groups is 1. The smallest absolute Gasteiger partial charge is 0.726 e. The van der Waals surface area contributed by atoms with Crippen LogP contribution in [0.15, 0.2) is 0 Å². The van der Waals surface area contributed by atoms with Gasteiger partial charge in [-0.2, -0.15) is 0 Å². The molecule has 0 aliphatic rings.